The van der Waals surface area contributed by atoms with Crippen molar-refractivity contribution in [2.24, 2.45) is 5.92 Å². The lowest BCUT2D eigenvalue weighted by atomic mass is 9.74. The van der Waals surface area contributed by atoms with Crippen molar-refractivity contribution in [2.45, 2.75) is 64.0 Å². The minimum Gasteiger partial charge on any atom is -0.377 e. The van der Waals surface area contributed by atoms with E-state index in [4.69, 9.17) is 4.74 Å². The summed E-state index contributed by atoms with van der Waals surface area (Å²) in [7, 11) is -1.07. The highest BCUT2D eigenvalue weighted by atomic mass is 32.2. The highest BCUT2D eigenvalue weighted by Crippen LogP contribution is 2.38. The van der Waals surface area contributed by atoms with Gasteiger partial charge in [-0.1, -0.05) is 13.8 Å². The first-order valence-electron chi connectivity index (χ1n) is 7.79. The molecule has 20 heavy (non-hydrogen) atoms. The Morgan fingerprint density at radius 1 is 1.35 bits per heavy atom. The normalized spacial score (nSPS) is 29.3. The van der Waals surface area contributed by atoms with Crippen molar-refractivity contribution < 1.29 is 13.2 Å². The van der Waals surface area contributed by atoms with E-state index in [1.807, 2.05) is 0 Å². The Balaban J connectivity index is 2.66. The van der Waals surface area contributed by atoms with Crippen LogP contribution in [-0.4, -0.2) is 45.7 Å². The smallest absolute Gasteiger partial charge is 0.147 e. The van der Waals surface area contributed by atoms with Crippen molar-refractivity contribution >= 4 is 9.84 Å². The average molecular weight is 305 g/mol. The number of sulfone groups is 1. The van der Waals surface area contributed by atoms with Gasteiger partial charge in [-0.3, -0.25) is 0 Å². The predicted octanol–water partition coefficient (Wildman–Crippen LogP) is 2.38. The maximum atomic E-state index is 11.3. The molecular formula is C15H31NO3S. The molecule has 0 radical (unpaired) electrons. The van der Waals surface area contributed by atoms with Crippen molar-refractivity contribution in [1.82, 2.24) is 5.32 Å². The molecule has 0 saturated heterocycles. The fourth-order valence-electron chi connectivity index (χ4n) is 3.29. The van der Waals surface area contributed by atoms with Gasteiger partial charge in [0.15, 0.2) is 0 Å². The molecule has 1 aliphatic rings. The largest absolute Gasteiger partial charge is 0.377 e. The number of hydrogen-bond acceptors (Lipinski definition) is 4. The zero-order valence-electron chi connectivity index (χ0n) is 13.4. The van der Waals surface area contributed by atoms with Crippen molar-refractivity contribution in [3.8, 4) is 0 Å². The molecular weight excluding hydrogens is 274 g/mol. The standard InChI is InChI=1S/C15H31NO3S/c1-5-16-14(7-6-12-20(4,17)18)15(19-3)10-8-13(2)9-11-15/h13-14,16H,5-12H2,1-4H3. The van der Waals surface area contributed by atoms with Crippen LogP contribution in [0.15, 0.2) is 0 Å². The minimum absolute atomic E-state index is 0.111. The molecule has 1 aliphatic carbocycles. The van der Waals surface area contributed by atoms with Crippen molar-refractivity contribution in [2.75, 3.05) is 25.7 Å². The predicted molar refractivity (Wildman–Crippen MR) is 83.8 cm³/mol. The van der Waals surface area contributed by atoms with Crippen LogP contribution in [0.3, 0.4) is 0 Å². The summed E-state index contributed by atoms with van der Waals surface area (Å²) in [4.78, 5) is 0. The van der Waals surface area contributed by atoms with Crippen LogP contribution in [0.1, 0.15) is 52.4 Å². The Kier molecular flexibility index (Phi) is 6.95. The van der Waals surface area contributed by atoms with Gasteiger partial charge in [0.25, 0.3) is 0 Å². The number of methoxy groups -OCH3 is 1. The van der Waals surface area contributed by atoms with E-state index < -0.39 is 9.84 Å². The van der Waals surface area contributed by atoms with Crippen LogP contribution in [0.4, 0.5) is 0 Å². The van der Waals surface area contributed by atoms with Crippen molar-refractivity contribution in [3.05, 3.63) is 0 Å². The molecule has 0 bridgehead atoms. The van der Waals surface area contributed by atoms with E-state index in [-0.39, 0.29) is 17.4 Å². The molecule has 5 heteroatoms. The molecule has 1 N–H and O–H groups in total. The molecule has 0 spiro atoms. The second-order valence-corrected chi connectivity index (χ2v) is 8.59. The topological polar surface area (TPSA) is 55.4 Å². The molecule has 1 saturated carbocycles. The molecule has 0 aliphatic heterocycles. The van der Waals surface area contributed by atoms with Crippen molar-refractivity contribution in [3.63, 3.8) is 0 Å². The van der Waals surface area contributed by atoms with E-state index in [1.165, 1.54) is 19.1 Å². The maximum absolute atomic E-state index is 11.3. The number of ether oxygens (including phenoxy) is 1. The fraction of sp³-hybridized carbons (Fsp3) is 1.00. The van der Waals surface area contributed by atoms with Gasteiger partial charge in [0, 0.05) is 25.2 Å². The summed E-state index contributed by atoms with van der Waals surface area (Å²) in [6.45, 7) is 5.29. The molecule has 1 fully saturated rings. The zero-order valence-corrected chi connectivity index (χ0v) is 14.3. The number of likely N-dealkylation sites (N-methyl/N-ethyl adjacent to an activating group) is 1. The molecule has 0 heterocycles. The summed E-state index contributed by atoms with van der Waals surface area (Å²) in [6, 6.07) is 0.256. The molecule has 0 aromatic carbocycles. The van der Waals surface area contributed by atoms with Gasteiger partial charge in [-0.15, -0.1) is 0 Å². The van der Waals surface area contributed by atoms with Crippen LogP contribution < -0.4 is 5.32 Å². The molecule has 0 aromatic rings. The highest BCUT2D eigenvalue weighted by molar-refractivity contribution is 7.90. The lowest BCUT2D eigenvalue weighted by Crippen LogP contribution is -2.54. The van der Waals surface area contributed by atoms with Crippen molar-refractivity contribution in [1.29, 1.82) is 0 Å². The summed E-state index contributed by atoms with van der Waals surface area (Å²) in [5.74, 6) is 1.04. The summed E-state index contributed by atoms with van der Waals surface area (Å²) in [5.41, 5.74) is -0.111. The lowest BCUT2D eigenvalue weighted by Gasteiger charge is -2.44. The van der Waals surface area contributed by atoms with Crippen LogP contribution in [0.2, 0.25) is 0 Å². The molecule has 1 atom stereocenters. The van der Waals surface area contributed by atoms with E-state index in [0.29, 0.717) is 6.42 Å². The Morgan fingerprint density at radius 3 is 2.40 bits per heavy atom. The Morgan fingerprint density at radius 2 is 1.95 bits per heavy atom. The van der Waals surface area contributed by atoms with Gasteiger partial charge in [-0.05, 0) is 51.0 Å². The lowest BCUT2D eigenvalue weighted by molar-refractivity contribution is -0.0762. The van der Waals surface area contributed by atoms with Crippen LogP contribution >= 0.6 is 0 Å². The van der Waals surface area contributed by atoms with Gasteiger partial charge in [-0.25, -0.2) is 8.42 Å². The minimum atomic E-state index is -2.87. The summed E-state index contributed by atoms with van der Waals surface area (Å²) < 4.78 is 28.5. The van der Waals surface area contributed by atoms with E-state index in [9.17, 15) is 8.42 Å². The van der Waals surface area contributed by atoms with Gasteiger partial charge < -0.3 is 10.1 Å². The quantitative estimate of drug-likeness (QED) is 0.748. The second-order valence-electron chi connectivity index (χ2n) is 6.33. The van der Waals surface area contributed by atoms with Crippen LogP contribution in [0.5, 0.6) is 0 Å². The molecule has 0 amide bonds. The average Bonchev–Trinajstić information content (AvgIpc) is 2.38. The summed E-state index contributed by atoms with van der Waals surface area (Å²) in [5, 5.41) is 3.53. The number of hydrogen-bond donors (Lipinski definition) is 1. The number of nitrogens with one attached hydrogen (secondary N) is 1. The monoisotopic (exact) mass is 305 g/mol. The first-order chi connectivity index (χ1) is 9.33. The van der Waals surface area contributed by atoms with E-state index in [1.54, 1.807) is 7.11 Å². The first-order valence-corrected chi connectivity index (χ1v) is 9.85. The van der Waals surface area contributed by atoms with Gasteiger partial charge in [0.1, 0.15) is 9.84 Å². The molecule has 1 rings (SSSR count). The van der Waals surface area contributed by atoms with Crippen LogP contribution in [0, 0.1) is 5.92 Å². The SMILES string of the molecule is CCNC(CCCS(C)(=O)=O)C1(OC)CCC(C)CC1. The molecule has 120 valence electrons. The van der Waals surface area contributed by atoms with Gasteiger partial charge in [0.2, 0.25) is 0 Å². The maximum Gasteiger partial charge on any atom is 0.147 e. The van der Waals surface area contributed by atoms with Gasteiger partial charge in [0.05, 0.1) is 5.60 Å². The Labute approximate surface area is 124 Å². The zero-order chi connectivity index (χ0) is 15.2. The van der Waals surface area contributed by atoms with E-state index in [0.717, 1.165) is 31.7 Å². The molecule has 0 aromatic heterocycles. The van der Waals surface area contributed by atoms with Crippen LogP contribution in [0.25, 0.3) is 0 Å². The third-order valence-electron chi connectivity index (χ3n) is 4.62. The van der Waals surface area contributed by atoms with E-state index in [2.05, 4.69) is 19.2 Å². The Hall–Kier alpha value is -0.130. The fourth-order valence-corrected chi connectivity index (χ4v) is 3.98. The van der Waals surface area contributed by atoms with Gasteiger partial charge in [-0.2, -0.15) is 0 Å². The third-order valence-corrected chi connectivity index (χ3v) is 5.65. The first kappa shape index (κ1) is 17.9. The second kappa shape index (κ2) is 7.76. The summed E-state index contributed by atoms with van der Waals surface area (Å²) >= 11 is 0. The highest BCUT2D eigenvalue weighted by Gasteiger charge is 2.40. The van der Waals surface area contributed by atoms with Gasteiger partial charge >= 0.3 is 0 Å². The van der Waals surface area contributed by atoms with E-state index >= 15 is 0 Å². The third kappa shape index (κ3) is 5.34. The number of rotatable bonds is 8. The Bertz CT molecular complexity index is 373. The summed E-state index contributed by atoms with van der Waals surface area (Å²) in [6.07, 6.45) is 7.41. The molecule has 4 nitrogen and oxygen atoms in total. The molecule has 1 unspecified atom stereocenters. The van der Waals surface area contributed by atoms with Crippen LogP contribution in [-0.2, 0) is 14.6 Å².